The molecule has 2 aliphatic rings. The van der Waals surface area contributed by atoms with Gasteiger partial charge < -0.3 is 53.0 Å². The fraction of sp³-hybridized carbons (Fsp3) is 0.500. The first-order valence-electron chi connectivity index (χ1n) is 24.0. The van der Waals surface area contributed by atoms with Crippen LogP contribution in [0.1, 0.15) is 63.8 Å². The van der Waals surface area contributed by atoms with Crippen molar-refractivity contribution >= 4 is 37.9 Å². The van der Waals surface area contributed by atoms with Crippen molar-refractivity contribution in [3.05, 3.63) is 138 Å². The molecule has 2 heterocycles. The Morgan fingerprint density at radius 1 is 0.671 bits per heavy atom. The van der Waals surface area contributed by atoms with Crippen LogP contribution in [0, 0.1) is 6.92 Å². The number of rotatable bonds is 22. The summed E-state index contributed by atoms with van der Waals surface area (Å²) in [7, 11) is -1.31. The molecule has 0 unspecified atom stereocenters. The molecule has 0 aromatic heterocycles. The van der Waals surface area contributed by atoms with Crippen LogP contribution in [-0.4, -0.2) is 113 Å². The molecule has 380 valence electrons. The summed E-state index contributed by atoms with van der Waals surface area (Å²) in [4.78, 5) is 40.9. The molecule has 0 spiro atoms. The largest absolute Gasteiger partial charge is 0.467 e. The number of carbonyl (C=O) groups is 3. The molecule has 2 N–H and O–H groups in total. The van der Waals surface area contributed by atoms with Gasteiger partial charge in [0.2, 0.25) is 11.8 Å². The van der Waals surface area contributed by atoms with E-state index in [1.54, 1.807) is 6.92 Å². The molecule has 0 radical (unpaired) electrons. The molecule has 6 rings (SSSR count). The van der Waals surface area contributed by atoms with Crippen molar-refractivity contribution in [3.8, 4) is 0 Å². The summed E-state index contributed by atoms with van der Waals surface area (Å²) in [6.45, 7) is 18.0. The van der Waals surface area contributed by atoms with E-state index in [2.05, 4.69) is 44.5 Å². The van der Waals surface area contributed by atoms with Gasteiger partial charge >= 0.3 is 5.97 Å². The summed E-state index contributed by atoms with van der Waals surface area (Å²) in [5.74, 6) is -1.35. The van der Waals surface area contributed by atoms with E-state index in [4.69, 9.17) is 42.3 Å². The smallest absolute Gasteiger partial charge is 0.334 e. The monoisotopic (exact) mass is 1000 g/mol. The lowest BCUT2D eigenvalue weighted by Crippen LogP contribution is -2.70. The molecule has 2 amide bonds. The van der Waals surface area contributed by atoms with Crippen LogP contribution in [0.25, 0.3) is 0 Å². The average molecular weight is 1000 g/mol. The van der Waals surface area contributed by atoms with Crippen LogP contribution in [0.4, 0.5) is 0 Å². The van der Waals surface area contributed by atoms with Gasteiger partial charge in [-0.2, -0.15) is 0 Å². The Hall–Kier alpha value is -4.46. The van der Waals surface area contributed by atoms with Gasteiger partial charge in [0.05, 0.1) is 46.2 Å². The molecule has 4 aromatic rings. The summed E-state index contributed by atoms with van der Waals surface area (Å²) in [5.41, 5.74) is 3.13. The maximum Gasteiger partial charge on any atom is 0.334 e. The van der Waals surface area contributed by atoms with Crippen molar-refractivity contribution < 1.29 is 56.7 Å². The van der Waals surface area contributed by atoms with Crippen molar-refractivity contribution in [2.24, 2.45) is 0 Å². The highest BCUT2D eigenvalue weighted by Crippen LogP contribution is 2.42. The number of nitrogens with one attached hydrogen (secondary N) is 2. The van der Waals surface area contributed by atoms with Gasteiger partial charge in [0.25, 0.3) is 0 Å². The number of thioether (sulfide) groups is 1. The van der Waals surface area contributed by atoms with Crippen LogP contribution < -0.4 is 10.6 Å². The zero-order valence-corrected chi connectivity index (χ0v) is 44.0. The topological polar surface area (TPSA) is 158 Å². The number of aryl methyl sites for hydroxylation is 1. The molecule has 16 heteroatoms. The van der Waals surface area contributed by atoms with Crippen molar-refractivity contribution in [2.45, 2.75) is 158 Å². The van der Waals surface area contributed by atoms with Crippen molar-refractivity contribution in [3.63, 3.8) is 0 Å². The predicted octanol–water partition coefficient (Wildman–Crippen LogP) is 8.29. The molecule has 14 nitrogen and oxygen atoms in total. The van der Waals surface area contributed by atoms with E-state index in [0.29, 0.717) is 6.61 Å². The fourth-order valence-electron chi connectivity index (χ4n) is 8.12. The van der Waals surface area contributed by atoms with Gasteiger partial charge in [-0.15, -0.1) is 0 Å². The van der Waals surface area contributed by atoms with Gasteiger partial charge in [0.1, 0.15) is 48.1 Å². The minimum atomic E-state index is -2.60. The number of esters is 1. The van der Waals surface area contributed by atoms with Crippen LogP contribution in [0.15, 0.2) is 120 Å². The molecule has 70 heavy (non-hydrogen) atoms. The van der Waals surface area contributed by atoms with Crippen LogP contribution in [0.5, 0.6) is 0 Å². The van der Waals surface area contributed by atoms with E-state index in [1.165, 1.54) is 32.7 Å². The highest BCUT2D eigenvalue weighted by Gasteiger charge is 2.56. The Kier molecular flexibility index (Phi) is 20.2. The van der Waals surface area contributed by atoms with E-state index >= 15 is 0 Å². The minimum absolute atomic E-state index is 0.00401. The lowest BCUT2D eigenvalue weighted by atomic mass is 9.94. The molecule has 0 aliphatic carbocycles. The van der Waals surface area contributed by atoms with E-state index < -0.39 is 80.8 Å². The van der Waals surface area contributed by atoms with Crippen LogP contribution in [-0.2, 0) is 76.5 Å². The van der Waals surface area contributed by atoms with Gasteiger partial charge in [-0.05, 0) is 60.8 Å². The summed E-state index contributed by atoms with van der Waals surface area (Å²) >= 11 is 1.40. The third-order valence-corrected chi connectivity index (χ3v) is 18.5. The van der Waals surface area contributed by atoms with Gasteiger partial charge in [-0.25, -0.2) is 4.79 Å². The standard InChI is InChI=1S/C54H72N2O12SSi/c1-35-26-28-42(29-27-35)69-53-46(56-38(4)58)50(64-36(2)51(59)60-8)47(43(66-53)33-61-30-39-20-14-11-15-21-39)67-52-45(55-37(3)57)49(63-32-41-24-18-13-19-25-41)48(68-70(9,10)54(5,6)7)44(65-52)34-62-31-40-22-16-12-17-23-40/h11-29,36,43-50,52-53H,30-34H2,1-10H3,(H,55,57)(H,56,58)/t36-,43-,44-,45-,46-,47-,48-,49-,50-,52+,53+/m1/s1. The molecule has 2 saturated heterocycles. The minimum Gasteiger partial charge on any atom is -0.467 e. The summed E-state index contributed by atoms with van der Waals surface area (Å²) in [5, 5.41) is 6.00. The molecule has 0 bridgehead atoms. The van der Waals surface area contributed by atoms with E-state index in [1.807, 2.05) is 122 Å². The number of hydrogen-bond acceptors (Lipinski definition) is 13. The number of amides is 2. The molecule has 0 saturated carbocycles. The second-order valence-electron chi connectivity index (χ2n) is 19.4. The fourth-order valence-corrected chi connectivity index (χ4v) is 10.6. The number of benzene rings is 4. The molecule has 11 atom stereocenters. The summed E-state index contributed by atoms with van der Waals surface area (Å²) in [6.07, 6.45) is -7.89. The van der Waals surface area contributed by atoms with Gasteiger partial charge in [-0.1, -0.05) is 141 Å². The van der Waals surface area contributed by atoms with Crippen molar-refractivity contribution in [1.29, 1.82) is 0 Å². The maximum atomic E-state index is 13.5. The van der Waals surface area contributed by atoms with Crippen LogP contribution >= 0.6 is 11.8 Å². The SMILES string of the molecule is COC(=O)[C@@H](C)O[C@@H]1[C@@H](NC(C)=O)[C@H](Sc2ccc(C)cc2)O[C@H](COCc2ccccc2)[C@H]1O[C@@H]1O[C@H](COCc2ccccc2)[C@@H](O[Si](C)(C)C(C)(C)C)[C@H](OCc2ccccc2)[C@H]1NC(C)=O. The lowest BCUT2D eigenvalue weighted by Gasteiger charge is -2.52. The Labute approximate surface area is 419 Å². The Morgan fingerprint density at radius 2 is 1.17 bits per heavy atom. The third-order valence-electron chi connectivity index (χ3n) is 12.8. The van der Waals surface area contributed by atoms with Crippen molar-refractivity contribution in [2.75, 3.05) is 20.3 Å². The first-order valence-corrected chi connectivity index (χ1v) is 27.7. The van der Waals surface area contributed by atoms with Gasteiger partial charge in [0, 0.05) is 18.7 Å². The Balaban J connectivity index is 1.47. The number of ether oxygens (including phenoxy) is 8. The molecule has 2 aliphatic heterocycles. The van der Waals surface area contributed by atoms with Crippen LogP contribution in [0.3, 0.4) is 0 Å². The Bertz CT molecular complexity index is 2240. The normalized spacial score (nSPS) is 25.4. The molecular formula is C54H72N2O12SSi. The maximum absolute atomic E-state index is 13.5. The van der Waals surface area contributed by atoms with E-state index in [9.17, 15) is 14.4 Å². The predicted molar refractivity (Wildman–Crippen MR) is 270 cm³/mol. The zero-order chi connectivity index (χ0) is 50.4. The quantitative estimate of drug-likeness (QED) is 0.0573. The number of carbonyl (C=O) groups excluding carboxylic acids is 3. The number of hydrogen-bond donors (Lipinski definition) is 2. The van der Waals surface area contributed by atoms with Gasteiger partial charge in [0.15, 0.2) is 20.7 Å². The second-order valence-corrected chi connectivity index (χ2v) is 25.4. The lowest BCUT2D eigenvalue weighted by molar-refractivity contribution is -0.320. The first kappa shape index (κ1) is 54.9. The summed E-state index contributed by atoms with van der Waals surface area (Å²) < 4.78 is 60.5. The van der Waals surface area contributed by atoms with E-state index in [0.717, 1.165) is 27.1 Å². The van der Waals surface area contributed by atoms with Gasteiger partial charge in [-0.3, -0.25) is 9.59 Å². The highest BCUT2D eigenvalue weighted by atomic mass is 32.2. The van der Waals surface area contributed by atoms with E-state index in [-0.39, 0.29) is 43.3 Å². The summed E-state index contributed by atoms with van der Waals surface area (Å²) in [6, 6.07) is 35.4. The molecular weight excluding hydrogens is 929 g/mol. The Morgan fingerprint density at radius 3 is 1.67 bits per heavy atom. The van der Waals surface area contributed by atoms with Crippen LogP contribution in [0.2, 0.25) is 18.1 Å². The molecule has 4 aromatic carbocycles. The third kappa shape index (κ3) is 15.5. The second kappa shape index (κ2) is 25.8. The zero-order valence-electron chi connectivity index (χ0n) is 42.2. The highest BCUT2D eigenvalue weighted by molar-refractivity contribution is 7.99. The first-order chi connectivity index (χ1) is 33.4. The number of methoxy groups -OCH3 is 1. The average Bonchev–Trinajstić information content (AvgIpc) is 3.32. The molecule has 2 fully saturated rings. The van der Waals surface area contributed by atoms with Crippen molar-refractivity contribution in [1.82, 2.24) is 10.6 Å².